The topological polar surface area (TPSA) is 47.6 Å². The van der Waals surface area contributed by atoms with Crippen molar-refractivity contribution in [3.63, 3.8) is 0 Å². The predicted molar refractivity (Wildman–Crippen MR) is 167 cm³/mol. The minimum absolute atomic E-state index is 0.396. The van der Waals surface area contributed by atoms with Gasteiger partial charge in [-0.1, -0.05) is 97.1 Å². The van der Waals surface area contributed by atoms with Crippen LogP contribution in [0.15, 0.2) is 121 Å². The van der Waals surface area contributed by atoms with Gasteiger partial charge in [0.05, 0.1) is 34.4 Å². The molecule has 0 aliphatic rings. The quantitative estimate of drug-likeness (QED) is 0.108. The number of alkyl halides is 6. The Morgan fingerprint density at radius 1 is 0.413 bits per heavy atom. The van der Waals surface area contributed by atoms with Crippen molar-refractivity contribution < 1.29 is 26.3 Å². The van der Waals surface area contributed by atoms with Gasteiger partial charge in [0.2, 0.25) is 0 Å². The first-order valence-electron chi connectivity index (χ1n) is 13.8. The molecular formula is C38H22F6N2. The molecule has 226 valence electrons. The Morgan fingerprint density at radius 2 is 0.674 bits per heavy atom. The van der Waals surface area contributed by atoms with Crippen molar-refractivity contribution in [1.82, 2.24) is 0 Å². The van der Waals surface area contributed by atoms with Crippen molar-refractivity contribution in [2.24, 2.45) is 0 Å². The molecule has 0 bridgehead atoms. The fourth-order valence-corrected chi connectivity index (χ4v) is 4.77. The first-order valence-corrected chi connectivity index (χ1v) is 13.8. The highest BCUT2D eigenvalue weighted by atomic mass is 19.4. The van der Waals surface area contributed by atoms with Crippen LogP contribution in [0.2, 0.25) is 0 Å². The Balaban J connectivity index is 1.29. The summed E-state index contributed by atoms with van der Waals surface area (Å²) in [5.74, 6) is 0. The second kappa shape index (κ2) is 13.0. The highest BCUT2D eigenvalue weighted by molar-refractivity contribution is 5.92. The average Bonchev–Trinajstić information content (AvgIpc) is 3.06. The fourth-order valence-electron chi connectivity index (χ4n) is 4.77. The third kappa shape index (κ3) is 7.43. The molecule has 46 heavy (non-hydrogen) atoms. The molecule has 5 aromatic carbocycles. The molecule has 0 unspecified atom stereocenters. The van der Waals surface area contributed by atoms with E-state index in [0.717, 1.165) is 35.4 Å². The van der Waals surface area contributed by atoms with Crippen molar-refractivity contribution in [2.75, 3.05) is 0 Å². The second-order valence-corrected chi connectivity index (χ2v) is 10.3. The number of benzene rings is 5. The van der Waals surface area contributed by atoms with Crippen molar-refractivity contribution >= 4 is 23.3 Å². The first-order chi connectivity index (χ1) is 21.9. The lowest BCUT2D eigenvalue weighted by atomic mass is 9.98. The molecule has 0 aliphatic heterocycles. The van der Waals surface area contributed by atoms with Crippen LogP contribution in [0.3, 0.4) is 0 Å². The third-order valence-corrected chi connectivity index (χ3v) is 7.28. The zero-order chi connectivity index (χ0) is 32.9. The molecular weight excluding hydrogens is 598 g/mol. The zero-order valence-electron chi connectivity index (χ0n) is 23.9. The number of hydrogen-bond acceptors (Lipinski definition) is 2. The minimum Gasteiger partial charge on any atom is -0.192 e. The number of nitrogens with zero attached hydrogens (tertiary/aromatic N) is 2. The molecule has 0 spiro atoms. The molecule has 8 heteroatoms. The molecule has 2 nitrogen and oxygen atoms in total. The van der Waals surface area contributed by atoms with Crippen LogP contribution >= 0.6 is 0 Å². The van der Waals surface area contributed by atoms with Gasteiger partial charge in [0.25, 0.3) is 0 Å². The van der Waals surface area contributed by atoms with Crippen LogP contribution in [-0.2, 0) is 12.4 Å². The summed E-state index contributed by atoms with van der Waals surface area (Å²) in [6.07, 6.45) is -5.38. The molecule has 5 rings (SSSR count). The van der Waals surface area contributed by atoms with Gasteiger partial charge in [-0.2, -0.15) is 36.9 Å². The van der Waals surface area contributed by atoms with Gasteiger partial charge in [-0.15, -0.1) is 0 Å². The van der Waals surface area contributed by atoms with E-state index in [1.54, 1.807) is 60.7 Å². The number of hydrogen-bond donors (Lipinski definition) is 0. The van der Waals surface area contributed by atoms with Gasteiger partial charge in [-0.3, -0.25) is 0 Å². The highest BCUT2D eigenvalue weighted by Gasteiger charge is 2.30. The molecule has 0 saturated carbocycles. The fraction of sp³-hybridized carbons (Fsp3) is 0.0526. The summed E-state index contributed by atoms with van der Waals surface area (Å²) in [5.41, 5.74) is 4.82. The summed E-state index contributed by atoms with van der Waals surface area (Å²) in [5, 5.41) is 19.6. The normalized spacial score (nSPS) is 12.3. The molecule has 0 atom stereocenters. The van der Waals surface area contributed by atoms with E-state index in [1.165, 1.54) is 24.3 Å². The van der Waals surface area contributed by atoms with E-state index >= 15 is 0 Å². The Morgan fingerprint density at radius 3 is 0.913 bits per heavy atom. The second-order valence-electron chi connectivity index (χ2n) is 10.3. The lowest BCUT2D eigenvalue weighted by Crippen LogP contribution is -2.03. The summed E-state index contributed by atoms with van der Waals surface area (Å²) in [6.45, 7) is 0. The van der Waals surface area contributed by atoms with E-state index < -0.39 is 23.5 Å². The predicted octanol–water partition coefficient (Wildman–Crippen LogP) is 11.2. The highest BCUT2D eigenvalue weighted by Crippen LogP contribution is 2.33. The maximum atomic E-state index is 12.9. The van der Waals surface area contributed by atoms with E-state index in [4.69, 9.17) is 0 Å². The van der Waals surface area contributed by atoms with Gasteiger partial charge in [0, 0.05) is 0 Å². The molecule has 0 aliphatic carbocycles. The van der Waals surface area contributed by atoms with Gasteiger partial charge in [0.15, 0.2) is 0 Å². The first kappa shape index (κ1) is 31.6. The average molecular weight is 621 g/mol. The van der Waals surface area contributed by atoms with E-state index in [-0.39, 0.29) is 0 Å². The van der Waals surface area contributed by atoms with Crippen LogP contribution in [0, 0.1) is 22.7 Å². The molecule has 0 radical (unpaired) electrons. The standard InChI is InChI=1S/C38H22F6N2/c39-37(40,41)35-17-13-29(14-18-35)27-5-9-31(10-6-27)33(23-45)21-25-1-2-26(4-3-25)22-34(24-46)32-11-7-28(8-12-32)30-15-19-36(20-16-30)38(42,43)44/h1-22H/b33-21-,34-22+. The Labute approximate surface area is 261 Å². The summed E-state index contributed by atoms with van der Waals surface area (Å²) < 4.78 is 77.2. The molecule has 0 saturated heterocycles. The Hall–Kier alpha value is -5.86. The van der Waals surface area contributed by atoms with Gasteiger partial charge in [0.1, 0.15) is 0 Å². The number of halogens is 6. The van der Waals surface area contributed by atoms with E-state index in [2.05, 4.69) is 12.1 Å². The zero-order valence-corrected chi connectivity index (χ0v) is 23.9. The third-order valence-electron chi connectivity index (χ3n) is 7.28. The van der Waals surface area contributed by atoms with Gasteiger partial charge < -0.3 is 0 Å². The molecule has 5 aromatic rings. The van der Waals surface area contributed by atoms with Crippen molar-refractivity contribution in [1.29, 1.82) is 10.5 Å². The summed E-state index contributed by atoms with van der Waals surface area (Å²) >= 11 is 0. The SMILES string of the molecule is N#C/C(=C\c1ccc(/C=C(/C#N)c2ccc(-c3ccc(C(F)(F)F)cc3)cc2)cc1)c1ccc(-c2ccc(C(F)(F)F)cc2)cc1. The minimum atomic E-state index is -4.41. The van der Waals surface area contributed by atoms with Crippen LogP contribution in [0.4, 0.5) is 26.3 Å². The van der Waals surface area contributed by atoms with Gasteiger partial charge >= 0.3 is 12.4 Å². The van der Waals surface area contributed by atoms with Crippen LogP contribution in [-0.4, -0.2) is 0 Å². The van der Waals surface area contributed by atoms with Crippen molar-refractivity contribution in [3.8, 4) is 34.4 Å². The summed E-state index contributed by atoms with van der Waals surface area (Å²) in [6, 6.07) is 35.3. The number of rotatable bonds is 6. The monoisotopic (exact) mass is 620 g/mol. The van der Waals surface area contributed by atoms with Gasteiger partial charge in [-0.05, 0) is 80.9 Å². The lowest BCUT2D eigenvalue weighted by Gasteiger charge is -2.08. The smallest absolute Gasteiger partial charge is 0.192 e. The van der Waals surface area contributed by atoms with Gasteiger partial charge in [-0.25, -0.2) is 0 Å². The Kier molecular flexibility index (Phi) is 8.93. The van der Waals surface area contributed by atoms with E-state index in [1.807, 2.05) is 24.3 Å². The maximum absolute atomic E-state index is 12.9. The van der Waals surface area contributed by atoms with Crippen LogP contribution in [0.5, 0.6) is 0 Å². The molecule has 0 N–H and O–H groups in total. The molecule has 0 amide bonds. The lowest BCUT2D eigenvalue weighted by molar-refractivity contribution is -0.138. The molecule has 0 fully saturated rings. The summed E-state index contributed by atoms with van der Waals surface area (Å²) in [4.78, 5) is 0. The number of nitriles is 2. The largest absolute Gasteiger partial charge is 0.416 e. The Bertz CT molecular complexity index is 1820. The van der Waals surface area contributed by atoms with Crippen LogP contribution in [0.1, 0.15) is 33.4 Å². The van der Waals surface area contributed by atoms with E-state index in [9.17, 15) is 36.9 Å². The van der Waals surface area contributed by atoms with Crippen molar-refractivity contribution in [2.45, 2.75) is 12.4 Å². The maximum Gasteiger partial charge on any atom is 0.416 e. The molecule has 0 aromatic heterocycles. The van der Waals surface area contributed by atoms with Crippen LogP contribution in [0.25, 0.3) is 45.6 Å². The summed E-state index contributed by atoms with van der Waals surface area (Å²) in [7, 11) is 0. The van der Waals surface area contributed by atoms with Crippen LogP contribution < -0.4 is 0 Å². The number of allylic oxidation sites excluding steroid dienone is 2. The van der Waals surface area contributed by atoms with E-state index in [0.29, 0.717) is 44.5 Å². The molecule has 0 heterocycles. The van der Waals surface area contributed by atoms with Crippen molar-refractivity contribution in [3.05, 3.63) is 155 Å².